The second-order valence-corrected chi connectivity index (χ2v) is 0.569. The van der Waals surface area contributed by atoms with E-state index in [9.17, 15) is 0 Å². The first kappa shape index (κ1) is 15.7. The van der Waals surface area contributed by atoms with Crippen molar-refractivity contribution in [2.75, 3.05) is 0 Å². The molecule has 0 heterocycles. The summed E-state index contributed by atoms with van der Waals surface area (Å²) in [6.45, 7) is 5.83. The summed E-state index contributed by atoms with van der Waals surface area (Å²) in [4.78, 5) is 0. The molecule has 0 saturated carbocycles. The highest BCUT2D eigenvalue weighted by Gasteiger charge is 1.12. The lowest BCUT2D eigenvalue weighted by Crippen LogP contribution is -1.25. The summed E-state index contributed by atoms with van der Waals surface area (Å²) in [5.74, 6) is 0. The highest BCUT2D eigenvalue weighted by molar-refractivity contribution is 7.51. The van der Waals surface area contributed by atoms with Gasteiger partial charge in [0.2, 0.25) is 0 Å². The molecule has 5 heteroatoms. The van der Waals surface area contributed by atoms with Crippen LogP contribution in [0.25, 0.3) is 0 Å². The molecular weight excluding hydrogens is 144 g/mol. The van der Waals surface area contributed by atoms with Crippen LogP contribution in [0.15, 0.2) is 25.7 Å². The fourth-order valence-corrected chi connectivity index (χ4v) is 0. The molecule has 0 aromatic heterocycles. The van der Waals surface area contributed by atoms with Crippen LogP contribution >= 0.6 is 0 Å². The minimum absolute atomic E-state index is 0.750. The molecule has 54 valence electrons. The summed E-state index contributed by atoms with van der Waals surface area (Å²) in [7, 11) is 0. The first-order chi connectivity index (χ1) is 4.24. The molecule has 0 aliphatic carbocycles. The summed E-state index contributed by atoms with van der Waals surface area (Å²) in [5, 5.41) is 14.7. The minimum atomic E-state index is -0.750. The SMILES string of the molecule is C=CO.C=CO.O=S=O. The van der Waals surface area contributed by atoms with Crippen molar-refractivity contribution in [1.29, 1.82) is 0 Å². The molecule has 9 heavy (non-hydrogen) atoms. The molecule has 0 aliphatic heterocycles. The maximum absolute atomic E-state index is 8.29. The Morgan fingerprint density at radius 3 is 1.11 bits per heavy atom. The van der Waals surface area contributed by atoms with Crippen molar-refractivity contribution in [3.05, 3.63) is 25.7 Å². The fraction of sp³-hybridized carbons (Fsp3) is 0. The Balaban J connectivity index is -0.0000000600. The monoisotopic (exact) mass is 152 g/mol. The van der Waals surface area contributed by atoms with Crippen LogP contribution in [0.4, 0.5) is 0 Å². The molecule has 0 aromatic rings. The molecule has 4 nitrogen and oxygen atoms in total. The van der Waals surface area contributed by atoms with Gasteiger partial charge in [-0.3, -0.25) is 0 Å². The van der Waals surface area contributed by atoms with E-state index in [1.165, 1.54) is 0 Å². The van der Waals surface area contributed by atoms with Crippen molar-refractivity contribution >= 4 is 11.6 Å². The number of aliphatic hydroxyl groups excluding tert-OH is 2. The van der Waals surface area contributed by atoms with E-state index in [1.807, 2.05) is 0 Å². The quantitative estimate of drug-likeness (QED) is 0.501. The van der Waals surface area contributed by atoms with E-state index >= 15 is 0 Å². The number of aliphatic hydroxyl groups is 2. The van der Waals surface area contributed by atoms with Gasteiger partial charge in [-0.1, -0.05) is 13.2 Å². The Kier molecular flexibility index (Phi) is 116. The third-order valence-electron chi connectivity index (χ3n) is 0. The van der Waals surface area contributed by atoms with E-state index < -0.39 is 11.6 Å². The standard InChI is InChI=1S/2C2H4O.O2S/c2*1-2-3;1-3-2/h2*2-3H,1H2;. The van der Waals surface area contributed by atoms with E-state index in [1.54, 1.807) is 0 Å². The average Bonchev–Trinajstić information content (AvgIpc) is 1.70. The van der Waals surface area contributed by atoms with Gasteiger partial charge in [0.05, 0.1) is 12.5 Å². The molecule has 0 fully saturated rings. The zero-order valence-electron chi connectivity index (χ0n) is 4.69. The lowest BCUT2D eigenvalue weighted by Gasteiger charge is -1.41. The van der Waals surface area contributed by atoms with Gasteiger partial charge in [0.1, 0.15) is 0 Å². The number of hydrogen-bond acceptors (Lipinski definition) is 4. The molecule has 0 amide bonds. The Labute approximate surface area is 56.7 Å². The molecule has 0 radical (unpaired) electrons. The van der Waals surface area contributed by atoms with E-state index in [0.717, 1.165) is 12.5 Å². The van der Waals surface area contributed by atoms with Gasteiger partial charge in [-0.25, -0.2) is 0 Å². The highest BCUT2D eigenvalue weighted by Crippen LogP contribution is 1.26. The predicted molar refractivity (Wildman–Crippen MR) is 34.6 cm³/mol. The second-order valence-electron chi connectivity index (χ2n) is 0.433. The third kappa shape index (κ3) is 137. The number of hydrogen-bond donors (Lipinski definition) is 2. The van der Waals surface area contributed by atoms with E-state index in [2.05, 4.69) is 13.2 Å². The molecular formula is C4H8O4S. The average molecular weight is 152 g/mol. The molecule has 0 spiro atoms. The lowest BCUT2D eigenvalue weighted by atomic mass is 11.2. The van der Waals surface area contributed by atoms with Gasteiger partial charge < -0.3 is 10.2 Å². The van der Waals surface area contributed by atoms with Gasteiger partial charge in [-0.2, -0.15) is 8.42 Å². The van der Waals surface area contributed by atoms with E-state index in [-0.39, 0.29) is 0 Å². The summed E-state index contributed by atoms with van der Waals surface area (Å²) in [6.07, 6.45) is 1.50. The van der Waals surface area contributed by atoms with Gasteiger partial charge in [-0.15, -0.1) is 0 Å². The summed E-state index contributed by atoms with van der Waals surface area (Å²) in [6, 6.07) is 0. The van der Waals surface area contributed by atoms with Crippen molar-refractivity contribution in [3.8, 4) is 0 Å². The Morgan fingerprint density at radius 2 is 1.11 bits per heavy atom. The van der Waals surface area contributed by atoms with Crippen LogP contribution in [-0.4, -0.2) is 18.6 Å². The van der Waals surface area contributed by atoms with Crippen LogP contribution in [0.1, 0.15) is 0 Å². The topological polar surface area (TPSA) is 74.6 Å². The highest BCUT2D eigenvalue weighted by atomic mass is 32.1. The summed E-state index contributed by atoms with van der Waals surface area (Å²) in [5.41, 5.74) is 0. The van der Waals surface area contributed by atoms with Crippen molar-refractivity contribution in [2.45, 2.75) is 0 Å². The van der Waals surface area contributed by atoms with Crippen molar-refractivity contribution < 1.29 is 18.6 Å². The summed E-state index contributed by atoms with van der Waals surface area (Å²) >= 11 is -0.750. The summed E-state index contributed by atoms with van der Waals surface area (Å²) < 4.78 is 16.6. The van der Waals surface area contributed by atoms with Gasteiger partial charge in [0.15, 0.2) is 0 Å². The molecule has 0 rings (SSSR count). The molecule has 2 N–H and O–H groups in total. The van der Waals surface area contributed by atoms with Gasteiger partial charge in [0, 0.05) is 0 Å². The van der Waals surface area contributed by atoms with Gasteiger partial charge in [-0.05, 0) is 0 Å². The van der Waals surface area contributed by atoms with Crippen LogP contribution in [0.5, 0.6) is 0 Å². The molecule has 0 aliphatic rings. The van der Waals surface area contributed by atoms with Crippen molar-refractivity contribution in [2.24, 2.45) is 0 Å². The van der Waals surface area contributed by atoms with Crippen molar-refractivity contribution in [1.82, 2.24) is 0 Å². The Bertz CT molecular complexity index is 78.6. The first-order valence-corrected chi connectivity index (χ1v) is 2.33. The van der Waals surface area contributed by atoms with Crippen LogP contribution in [0, 0.1) is 0 Å². The van der Waals surface area contributed by atoms with Crippen LogP contribution < -0.4 is 0 Å². The molecule has 0 unspecified atom stereocenters. The van der Waals surface area contributed by atoms with Crippen LogP contribution in [-0.2, 0) is 11.6 Å². The van der Waals surface area contributed by atoms with Gasteiger partial charge >= 0.3 is 11.6 Å². The minimum Gasteiger partial charge on any atom is -0.516 e. The molecule has 0 atom stereocenters. The normalized spacial score (nSPS) is 4.00. The second kappa shape index (κ2) is 66.5. The lowest BCUT2D eigenvalue weighted by molar-refractivity contribution is 0.475. The van der Waals surface area contributed by atoms with Crippen LogP contribution in [0.2, 0.25) is 0 Å². The first-order valence-electron chi connectivity index (χ1n) is 1.67. The maximum atomic E-state index is 8.29. The number of rotatable bonds is 0. The van der Waals surface area contributed by atoms with Crippen LogP contribution in [0.3, 0.4) is 0 Å². The fourth-order valence-electron chi connectivity index (χ4n) is 0. The third-order valence-corrected chi connectivity index (χ3v) is 0. The zero-order chi connectivity index (χ0) is 8.12. The van der Waals surface area contributed by atoms with Crippen molar-refractivity contribution in [3.63, 3.8) is 0 Å². The smallest absolute Gasteiger partial charge is 0.335 e. The zero-order valence-corrected chi connectivity index (χ0v) is 5.50. The van der Waals surface area contributed by atoms with E-state index in [0.29, 0.717) is 0 Å². The molecule has 0 saturated heterocycles. The Morgan fingerprint density at radius 1 is 1.11 bits per heavy atom. The van der Waals surface area contributed by atoms with Gasteiger partial charge in [0.25, 0.3) is 0 Å². The largest absolute Gasteiger partial charge is 0.516 e. The predicted octanol–water partition coefficient (Wildman–Crippen LogP) is 0.706. The maximum Gasteiger partial charge on any atom is 0.335 e. The van der Waals surface area contributed by atoms with E-state index in [4.69, 9.17) is 18.6 Å². The molecule has 0 aromatic carbocycles. The Hall–Kier alpha value is -1.10. The molecule has 0 bridgehead atoms.